The van der Waals surface area contributed by atoms with Crippen LogP contribution in [0.3, 0.4) is 0 Å². The SMILES string of the molecule is CCCCCCCCOP(Oc1ccc(CCCCCCCC)cc1)OC1CCC(C(C)(C)C2CCC(OP(OCCCCCCCC)Oc3ccc(CCCCCCCC)cc3)CC2)CC1. The van der Waals surface area contributed by atoms with Crippen LogP contribution < -0.4 is 9.05 Å². The van der Waals surface area contributed by atoms with Gasteiger partial charge < -0.3 is 18.1 Å². The molecule has 2 aromatic rings. The van der Waals surface area contributed by atoms with Crippen LogP contribution in [0.25, 0.3) is 0 Å². The van der Waals surface area contributed by atoms with Crippen LogP contribution in [0.4, 0.5) is 0 Å². The highest BCUT2D eigenvalue weighted by molar-refractivity contribution is 7.42. The summed E-state index contributed by atoms with van der Waals surface area (Å²) in [7, 11) is -2.90. The van der Waals surface area contributed by atoms with Crippen LogP contribution in [0.2, 0.25) is 0 Å². The maximum atomic E-state index is 6.76. The van der Waals surface area contributed by atoms with Crippen molar-refractivity contribution < 1.29 is 27.1 Å². The summed E-state index contributed by atoms with van der Waals surface area (Å²) in [5.74, 6) is 3.11. The second-order valence-corrected chi connectivity index (χ2v) is 23.3. The quantitative estimate of drug-likeness (QED) is 0.0490. The number of hydrogen-bond donors (Lipinski definition) is 0. The first-order chi connectivity index (χ1) is 32.8. The maximum absolute atomic E-state index is 6.76. The van der Waals surface area contributed by atoms with Crippen molar-refractivity contribution in [1.29, 1.82) is 0 Å². The van der Waals surface area contributed by atoms with E-state index in [0.717, 1.165) is 62.9 Å². The summed E-state index contributed by atoms with van der Waals surface area (Å²) in [5.41, 5.74) is 3.06. The van der Waals surface area contributed by atoms with Gasteiger partial charge >= 0.3 is 17.2 Å². The molecule has 6 nitrogen and oxygen atoms in total. The van der Waals surface area contributed by atoms with E-state index in [2.05, 4.69) is 90.1 Å². The Balaban J connectivity index is 1.24. The highest BCUT2D eigenvalue weighted by atomic mass is 31.2. The summed E-state index contributed by atoms with van der Waals surface area (Å²) < 4.78 is 39.4. The molecule has 4 rings (SSSR count). The molecule has 0 amide bonds. The van der Waals surface area contributed by atoms with E-state index in [1.54, 1.807) is 0 Å². The van der Waals surface area contributed by atoms with Gasteiger partial charge in [-0.15, -0.1) is 0 Å². The fourth-order valence-electron chi connectivity index (χ4n) is 10.4. The lowest BCUT2D eigenvalue weighted by Crippen LogP contribution is -2.38. The molecule has 2 unspecified atom stereocenters. The normalized spacial score (nSPS) is 19.9. The van der Waals surface area contributed by atoms with Crippen LogP contribution in [0.15, 0.2) is 48.5 Å². The lowest BCUT2D eigenvalue weighted by molar-refractivity contribution is 0.00601. The van der Waals surface area contributed by atoms with Crippen molar-refractivity contribution in [3.05, 3.63) is 59.7 Å². The Labute approximate surface area is 416 Å². The van der Waals surface area contributed by atoms with E-state index in [9.17, 15) is 0 Å². The summed E-state index contributed by atoms with van der Waals surface area (Å²) in [6.07, 6.45) is 42.6. The number of hydrogen-bond acceptors (Lipinski definition) is 6. The van der Waals surface area contributed by atoms with E-state index < -0.39 is 17.2 Å². The standard InChI is InChI=1S/C59H102O6P2/c1-7-11-15-19-23-27-31-51-33-41-55(42-34-51)62-66(60-49-29-25-21-17-13-9-3)64-57-45-37-53(38-46-57)59(5,6)54-39-47-58(48-40-54)65-67(61-50-30-26-22-18-14-10-4)63-56-43-35-52(36-44-56)32-28-24-20-16-12-8-2/h33-36,41-44,53-54,57-58H,7-32,37-40,45-50H2,1-6H3. The summed E-state index contributed by atoms with van der Waals surface area (Å²) in [5, 5.41) is 0. The fraction of sp³-hybridized carbons (Fsp3) is 0.797. The van der Waals surface area contributed by atoms with Gasteiger partial charge in [0.25, 0.3) is 0 Å². The van der Waals surface area contributed by atoms with E-state index in [1.165, 1.54) is 178 Å². The zero-order chi connectivity index (χ0) is 47.6. The molecule has 2 aliphatic rings. The topological polar surface area (TPSA) is 55.4 Å². The van der Waals surface area contributed by atoms with Crippen LogP contribution in [-0.4, -0.2) is 25.4 Å². The van der Waals surface area contributed by atoms with Gasteiger partial charge in [0.2, 0.25) is 0 Å². The minimum atomic E-state index is -1.45. The number of unbranched alkanes of at least 4 members (excludes halogenated alkanes) is 20. The molecule has 0 spiro atoms. The molecule has 0 radical (unpaired) electrons. The summed E-state index contributed by atoms with van der Waals surface area (Å²) in [4.78, 5) is 0. The van der Waals surface area contributed by atoms with Crippen LogP contribution in [0, 0.1) is 17.3 Å². The third-order valence-electron chi connectivity index (χ3n) is 15.2. The summed E-state index contributed by atoms with van der Waals surface area (Å²) >= 11 is 0. The molecular formula is C59H102O6P2. The molecule has 2 aromatic carbocycles. The number of benzene rings is 2. The smallest absolute Gasteiger partial charge is 0.397 e. The lowest BCUT2D eigenvalue weighted by Gasteiger charge is -2.46. The molecule has 67 heavy (non-hydrogen) atoms. The molecule has 2 aliphatic carbocycles. The maximum Gasteiger partial charge on any atom is 0.397 e. The lowest BCUT2D eigenvalue weighted by atomic mass is 9.60. The van der Waals surface area contributed by atoms with Crippen molar-refractivity contribution in [3.8, 4) is 11.5 Å². The van der Waals surface area contributed by atoms with Gasteiger partial charge in [-0.2, -0.15) is 0 Å². The van der Waals surface area contributed by atoms with E-state index in [1.807, 2.05) is 0 Å². The molecule has 2 atom stereocenters. The van der Waals surface area contributed by atoms with Gasteiger partial charge in [-0.05, 0) is 143 Å². The largest absolute Gasteiger partial charge is 0.427 e. The van der Waals surface area contributed by atoms with Crippen molar-refractivity contribution >= 4 is 17.2 Å². The molecule has 8 heteroatoms. The van der Waals surface area contributed by atoms with Gasteiger partial charge in [0.15, 0.2) is 0 Å². The molecule has 0 aromatic heterocycles. The Morgan fingerprint density at radius 1 is 0.388 bits per heavy atom. The minimum absolute atomic E-state index is 0.186. The second-order valence-electron chi connectivity index (χ2n) is 21.1. The Hall–Kier alpha value is -1.26. The van der Waals surface area contributed by atoms with Crippen molar-refractivity contribution in [2.75, 3.05) is 13.2 Å². The molecule has 384 valence electrons. The average Bonchev–Trinajstić information content (AvgIpc) is 3.34. The highest BCUT2D eigenvalue weighted by Gasteiger charge is 2.42. The van der Waals surface area contributed by atoms with Crippen molar-refractivity contribution in [3.63, 3.8) is 0 Å². The molecule has 0 bridgehead atoms. The zero-order valence-corrected chi connectivity index (χ0v) is 46.0. The third kappa shape index (κ3) is 25.1. The predicted octanol–water partition coefficient (Wildman–Crippen LogP) is 20.3. The Kier molecular flexibility index (Phi) is 31.9. The molecule has 0 aliphatic heterocycles. The minimum Gasteiger partial charge on any atom is -0.427 e. The first kappa shape index (κ1) is 58.3. The van der Waals surface area contributed by atoms with Gasteiger partial charge in [-0.1, -0.05) is 194 Å². The van der Waals surface area contributed by atoms with Gasteiger partial charge in [-0.25, -0.2) is 0 Å². The summed E-state index contributed by atoms with van der Waals surface area (Å²) in [6.45, 7) is 15.6. The molecule has 2 saturated carbocycles. The van der Waals surface area contributed by atoms with Crippen LogP contribution in [0.1, 0.15) is 258 Å². The van der Waals surface area contributed by atoms with Crippen molar-refractivity contribution in [2.45, 2.75) is 272 Å². The van der Waals surface area contributed by atoms with E-state index >= 15 is 0 Å². The second kappa shape index (κ2) is 36.6. The van der Waals surface area contributed by atoms with Crippen molar-refractivity contribution in [2.24, 2.45) is 17.3 Å². The monoisotopic (exact) mass is 969 g/mol. The average molecular weight is 969 g/mol. The van der Waals surface area contributed by atoms with Gasteiger partial charge in [-0.3, -0.25) is 9.05 Å². The highest BCUT2D eigenvalue weighted by Crippen LogP contribution is 2.52. The fourth-order valence-corrected chi connectivity index (χ4v) is 12.8. The first-order valence-electron chi connectivity index (χ1n) is 28.6. The van der Waals surface area contributed by atoms with Gasteiger partial charge in [0.05, 0.1) is 25.4 Å². The van der Waals surface area contributed by atoms with Crippen LogP contribution in [0.5, 0.6) is 11.5 Å². The Morgan fingerprint density at radius 3 is 1.01 bits per heavy atom. The van der Waals surface area contributed by atoms with Gasteiger partial charge in [0, 0.05) is 0 Å². The molecular weight excluding hydrogens is 867 g/mol. The Bertz CT molecular complexity index is 1330. The van der Waals surface area contributed by atoms with Crippen LogP contribution >= 0.6 is 17.2 Å². The molecule has 2 fully saturated rings. The third-order valence-corrected chi connectivity index (χ3v) is 17.6. The molecule has 0 heterocycles. The van der Waals surface area contributed by atoms with Gasteiger partial charge in [0.1, 0.15) is 11.5 Å². The first-order valence-corrected chi connectivity index (χ1v) is 30.8. The zero-order valence-electron chi connectivity index (χ0n) is 44.2. The summed E-state index contributed by atoms with van der Waals surface area (Å²) in [6, 6.07) is 17.5. The Morgan fingerprint density at radius 2 is 0.687 bits per heavy atom. The predicted molar refractivity (Wildman–Crippen MR) is 288 cm³/mol. The van der Waals surface area contributed by atoms with E-state index in [-0.39, 0.29) is 17.6 Å². The molecule has 0 saturated heterocycles. The number of rotatable bonds is 40. The van der Waals surface area contributed by atoms with E-state index in [4.69, 9.17) is 27.1 Å². The molecule has 0 N–H and O–H groups in total. The number of aryl methyl sites for hydroxylation is 2. The van der Waals surface area contributed by atoms with Crippen LogP contribution in [-0.2, 0) is 30.9 Å². The van der Waals surface area contributed by atoms with E-state index in [0.29, 0.717) is 25.0 Å². The van der Waals surface area contributed by atoms with Crippen molar-refractivity contribution in [1.82, 2.24) is 0 Å².